The van der Waals surface area contributed by atoms with Crippen LogP contribution in [0.2, 0.25) is 0 Å². The van der Waals surface area contributed by atoms with E-state index in [2.05, 4.69) is 18.9 Å². The molecule has 4 nitrogen and oxygen atoms in total. The molecule has 2 rings (SSSR count). The molecule has 0 aliphatic carbocycles. The quantitative estimate of drug-likeness (QED) is 0.849. The number of rotatable bonds is 5. The Kier molecular flexibility index (Phi) is 5.01. The van der Waals surface area contributed by atoms with Gasteiger partial charge in [0, 0.05) is 24.3 Å². The number of carbonyl (C=O) groups excluding carboxylic acids is 1. The summed E-state index contributed by atoms with van der Waals surface area (Å²) in [5.74, 6) is 0.146. The summed E-state index contributed by atoms with van der Waals surface area (Å²) in [4.78, 5) is 14.3. The molecule has 0 bridgehead atoms. The molecule has 0 N–H and O–H groups in total. The highest BCUT2D eigenvalue weighted by atomic mass is 16.2. The average molecular weight is 299 g/mol. The smallest absolute Gasteiger partial charge is 0.227 e. The van der Waals surface area contributed by atoms with Gasteiger partial charge in [-0.25, -0.2) is 4.68 Å². The zero-order valence-corrected chi connectivity index (χ0v) is 14.1. The Balaban J connectivity index is 2.26. The van der Waals surface area contributed by atoms with E-state index in [9.17, 15) is 4.79 Å². The highest BCUT2D eigenvalue weighted by molar-refractivity contribution is 5.79. The minimum absolute atomic E-state index is 0.146. The molecule has 1 aromatic heterocycles. The van der Waals surface area contributed by atoms with Crippen LogP contribution in [-0.2, 0) is 11.2 Å². The third-order valence-electron chi connectivity index (χ3n) is 4.42. The van der Waals surface area contributed by atoms with Crippen molar-refractivity contribution in [2.75, 3.05) is 7.05 Å². The molecule has 0 aliphatic rings. The number of aromatic nitrogens is 2. The highest BCUT2D eigenvalue weighted by Gasteiger charge is 2.20. The number of nitrogens with zero attached hydrogens (tertiary/aromatic N) is 3. The van der Waals surface area contributed by atoms with Crippen LogP contribution in [0, 0.1) is 13.8 Å². The van der Waals surface area contributed by atoms with Crippen molar-refractivity contribution in [2.24, 2.45) is 0 Å². The minimum Gasteiger partial charge on any atom is -0.343 e. The van der Waals surface area contributed by atoms with Gasteiger partial charge in [-0.05, 0) is 39.3 Å². The maximum atomic E-state index is 12.5. The topological polar surface area (TPSA) is 38.1 Å². The van der Waals surface area contributed by atoms with Crippen LogP contribution in [0.25, 0.3) is 5.69 Å². The van der Waals surface area contributed by atoms with E-state index < -0.39 is 0 Å². The van der Waals surface area contributed by atoms with Crippen LogP contribution in [-0.4, -0.2) is 33.7 Å². The molecule has 4 heteroatoms. The van der Waals surface area contributed by atoms with Gasteiger partial charge in [0.15, 0.2) is 0 Å². The van der Waals surface area contributed by atoms with Gasteiger partial charge in [-0.3, -0.25) is 4.79 Å². The largest absolute Gasteiger partial charge is 0.343 e. The van der Waals surface area contributed by atoms with E-state index in [1.807, 2.05) is 60.8 Å². The predicted molar refractivity (Wildman–Crippen MR) is 89.3 cm³/mol. The Bertz CT molecular complexity index is 646. The number of likely N-dealkylation sites (N-methyl/N-ethyl adjacent to an activating group) is 1. The van der Waals surface area contributed by atoms with Gasteiger partial charge in [0.05, 0.1) is 17.8 Å². The summed E-state index contributed by atoms with van der Waals surface area (Å²) in [5, 5.41) is 4.60. The van der Waals surface area contributed by atoms with Crippen LogP contribution in [0.3, 0.4) is 0 Å². The lowest BCUT2D eigenvalue weighted by molar-refractivity contribution is -0.131. The van der Waals surface area contributed by atoms with E-state index in [1.54, 1.807) is 0 Å². The number of para-hydroxylation sites is 1. The number of aryl methyl sites for hydroxylation is 1. The first-order chi connectivity index (χ1) is 10.5. The molecule has 0 saturated carbocycles. The van der Waals surface area contributed by atoms with E-state index >= 15 is 0 Å². The molecule has 1 unspecified atom stereocenters. The molecule has 0 saturated heterocycles. The Labute approximate surface area is 132 Å². The summed E-state index contributed by atoms with van der Waals surface area (Å²) in [6, 6.07) is 10.3. The zero-order chi connectivity index (χ0) is 16.3. The van der Waals surface area contributed by atoms with Crippen LogP contribution in [0.5, 0.6) is 0 Å². The summed E-state index contributed by atoms with van der Waals surface area (Å²) < 4.78 is 1.92. The van der Waals surface area contributed by atoms with Crippen molar-refractivity contribution in [3.8, 4) is 5.69 Å². The molecule has 0 spiro atoms. The summed E-state index contributed by atoms with van der Waals surface area (Å²) in [7, 11) is 1.88. The predicted octanol–water partition coefficient (Wildman–Crippen LogP) is 3.29. The zero-order valence-electron chi connectivity index (χ0n) is 14.1. The lowest BCUT2D eigenvalue weighted by Gasteiger charge is -2.23. The van der Waals surface area contributed by atoms with Crippen molar-refractivity contribution in [1.29, 1.82) is 0 Å². The van der Waals surface area contributed by atoms with Gasteiger partial charge in [0.25, 0.3) is 0 Å². The summed E-state index contributed by atoms with van der Waals surface area (Å²) >= 11 is 0. The molecule has 118 valence electrons. The fourth-order valence-electron chi connectivity index (χ4n) is 2.55. The first-order valence-corrected chi connectivity index (χ1v) is 7.81. The van der Waals surface area contributed by atoms with Crippen LogP contribution in [0.15, 0.2) is 30.3 Å². The van der Waals surface area contributed by atoms with Gasteiger partial charge in [-0.1, -0.05) is 25.1 Å². The van der Waals surface area contributed by atoms with Crippen molar-refractivity contribution in [1.82, 2.24) is 14.7 Å². The van der Waals surface area contributed by atoms with E-state index in [4.69, 9.17) is 0 Å². The molecule has 1 aromatic carbocycles. The van der Waals surface area contributed by atoms with Crippen molar-refractivity contribution in [2.45, 2.75) is 46.6 Å². The SMILES string of the molecule is CCC(C)N(C)C(=O)Cc1c(C)nn(-c2ccccc2)c1C. The van der Waals surface area contributed by atoms with Crippen LogP contribution >= 0.6 is 0 Å². The van der Waals surface area contributed by atoms with Gasteiger partial charge < -0.3 is 4.90 Å². The second-order valence-electron chi connectivity index (χ2n) is 5.84. The van der Waals surface area contributed by atoms with Crippen molar-refractivity contribution in [3.63, 3.8) is 0 Å². The van der Waals surface area contributed by atoms with Crippen LogP contribution in [0.1, 0.15) is 37.2 Å². The molecular formula is C18H25N3O. The molecule has 2 aromatic rings. The van der Waals surface area contributed by atoms with Crippen molar-refractivity contribution in [3.05, 3.63) is 47.3 Å². The molecular weight excluding hydrogens is 274 g/mol. The summed E-state index contributed by atoms with van der Waals surface area (Å²) in [6.45, 7) is 8.17. The van der Waals surface area contributed by atoms with E-state index in [1.165, 1.54) is 0 Å². The average Bonchev–Trinajstić information content (AvgIpc) is 2.82. The van der Waals surface area contributed by atoms with Crippen molar-refractivity contribution < 1.29 is 4.79 Å². The number of hydrogen-bond donors (Lipinski definition) is 0. The molecule has 0 fully saturated rings. The molecule has 0 radical (unpaired) electrons. The summed E-state index contributed by atoms with van der Waals surface area (Å²) in [5.41, 5.74) is 4.02. The van der Waals surface area contributed by atoms with E-state index in [-0.39, 0.29) is 11.9 Å². The lowest BCUT2D eigenvalue weighted by atomic mass is 10.1. The monoisotopic (exact) mass is 299 g/mol. The maximum Gasteiger partial charge on any atom is 0.227 e. The Morgan fingerprint density at radius 1 is 1.27 bits per heavy atom. The van der Waals surface area contributed by atoms with Gasteiger partial charge in [-0.2, -0.15) is 5.10 Å². The lowest BCUT2D eigenvalue weighted by Crippen LogP contribution is -2.35. The number of carbonyl (C=O) groups is 1. The Morgan fingerprint density at radius 2 is 1.91 bits per heavy atom. The number of hydrogen-bond acceptors (Lipinski definition) is 2. The summed E-state index contributed by atoms with van der Waals surface area (Å²) in [6.07, 6.45) is 1.37. The van der Waals surface area contributed by atoms with Gasteiger partial charge in [-0.15, -0.1) is 0 Å². The third-order valence-corrected chi connectivity index (χ3v) is 4.42. The van der Waals surface area contributed by atoms with E-state index in [0.29, 0.717) is 6.42 Å². The van der Waals surface area contributed by atoms with E-state index in [0.717, 1.165) is 29.1 Å². The number of amides is 1. The highest BCUT2D eigenvalue weighted by Crippen LogP contribution is 2.19. The molecule has 1 heterocycles. The maximum absolute atomic E-state index is 12.5. The fraction of sp³-hybridized carbons (Fsp3) is 0.444. The van der Waals surface area contributed by atoms with Gasteiger partial charge in [0.2, 0.25) is 5.91 Å². The van der Waals surface area contributed by atoms with Crippen LogP contribution < -0.4 is 0 Å². The normalized spacial score (nSPS) is 12.2. The second kappa shape index (κ2) is 6.77. The minimum atomic E-state index is 0.146. The number of benzene rings is 1. The standard InChI is InChI=1S/C18H25N3O/c1-6-13(2)20(5)18(22)12-17-14(3)19-21(15(17)4)16-10-8-7-9-11-16/h7-11,13H,6,12H2,1-5H3. The first-order valence-electron chi connectivity index (χ1n) is 7.81. The molecule has 22 heavy (non-hydrogen) atoms. The van der Waals surface area contributed by atoms with Crippen LogP contribution in [0.4, 0.5) is 0 Å². The van der Waals surface area contributed by atoms with Gasteiger partial charge >= 0.3 is 0 Å². The fourth-order valence-corrected chi connectivity index (χ4v) is 2.55. The van der Waals surface area contributed by atoms with Crippen molar-refractivity contribution >= 4 is 5.91 Å². The Morgan fingerprint density at radius 3 is 2.50 bits per heavy atom. The molecule has 1 atom stereocenters. The van der Waals surface area contributed by atoms with Gasteiger partial charge in [0.1, 0.15) is 0 Å². The Hall–Kier alpha value is -2.10. The second-order valence-corrected chi connectivity index (χ2v) is 5.84. The first kappa shape index (κ1) is 16.3. The molecule has 0 aliphatic heterocycles. The molecule has 1 amide bonds. The third kappa shape index (κ3) is 3.21.